The Hall–Kier alpha value is -2.01. The SMILES string of the molecule is Fc1ccc(Oc2ncc3ccccc3n2)cc1Br. The molecule has 3 rings (SSSR count). The summed E-state index contributed by atoms with van der Waals surface area (Å²) in [7, 11) is 0. The van der Waals surface area contributed by atoms with Gasteiger partial charge in [-0.25, -0.2) is 9.37 Å². The first-order valence-corrected chi connectivity index (χ1v) is 6.36. The Morgan fingerprint density at radius 1 is 1.11 bits per heavy atom. The molecule has 0 unspecified atom stereocenters. The number of hydrogen-bond donors (Lipinski definition) is 0. The largest absolute Gasteiger partial charge is 0.424 e. The first kappa shape index (κ1) is 12.0. The van der Waals surface area contributed by atoms with Crippen LogP contribution in [0.15, 0.2) is 53.1 Å². The van der Waals surface area contributed by atoms with E-state index in [1.807, 2.05) is 24.3 Å². The second-order valence-corrected chi connectivity index (χ2v) is 4.74. The molecule has 0 saturated carbocycles. The van der Waals surface area contributed by atoms with Gasteiger partial charge >= 0.3 is 6.01 Å². The molecule has 2 aromatic carbocycles. The second kappa shape index (κ2) is 4.93. The normalized spacial score (nSPS) is 10.6. The van der Waals surface area contributed by atoms with Gasteiger partial charge in [0.15, 0.2) is 0 Å². The van der Waals surface area contributed by atoms with E-state index in [9.17, 15) is 4.39 Å². The average Bonchev–Trinajstić information content (AvgIpc) is 2.43. The van der Waals surface area contributed by atoms with Gasteiger partial charge in [-0.05, 0) is 40.2 Å². The molecule has 0 spiro atoms. The summed E-state index contributed by atoms with van der Waals surface area (Å²) in [4.78, 5) is 8.39. The minimum absolute atomic E-state index is 0.234. The van der Waals surface area contributed by atoms with E-state index < -0.39 is 0 Å². The van der Waals surface area contributed by atoms with Crippen molar-refractivity contribution in [3.05, 3.63) is 59.0 Å². The highest BCUT2D eigenvalue weighted by Gasteiger charge is 2.05. The highest BCUT2D eigenvalue weighted by Crippen LogP contribution is 2.25. The van der Waals surface area contributed by atoms with Crippen LogP contribution < -0.4 is 4.74 Å². The van der Waals surface area contributed by atoms with Gasteiger partial charge in [0.1, 0.15) is 11.6 Å². The van der Waals surface area contributed by atoms with Gasteiger partial charge in [-0.3, -0.25) is 0 Å². The Labute approximate surface area is 117 Å². The predicted molar refractivity (Wildman–Crippen MR) is 73.7 cm³/mol. The smallest absolute Gasteiger partial charge is 0.322 e. The monoisotopic (exact) mass is 318 g/mol. The molecule has 0 aliphatic rings. The maximum absolute atomic E-state index is 13.1. The van der Waals surface area contributed by atoms with Crippen LogP contribution in [0, 0.1) is 5.82 Å². The zero-order valence-electron chi connectivity index (χ0n) is 9.68. The summed E-state index contributed by atoms with van der Waals surface area (Å²) in [5.41, 5.74) is 0.800. The van der Waals surface area contributed by atoms with E-state index in [1.54, 1.807) is 6.20 Å². The number of aromatic nitrogens is 2. The highest BCUT2D eigenvalue weighted by atomic mass is 79.9. The Morgan fingerprint density at radius 3 is 2.79 bits per heavy atom. The maximum Gasteiger partial charge on any atom is 0.322 e. The molecular formula is C14H8BrFN2O. The van der Waals surface area contributed by atoms with Gasteiger partial charge in [0, 0.05) is 11.6 Å². The quantitative estimate of drug-likeness (QED) is 0.705. The molecule has 5 heteroatoms. The lowest BCUT2D eigenvalue weighted by Gasteiger charge is -2.05. The van der Waals surface area contributed by atoms with Crippen LogP contribution in [0.4, 0.5) is 4.39 Å². The summed E-state index contributed by atoms with van der Waals surface area (Å²) in [6.07, 6.45) is 1.69. The Balaban J connectivity index is 1.94. The van der Waals surface area contributed by atoms with E-state index >= 15 is 0 Å². The van der Waals surface area contributed by atoms with Crippen LogP contribution in [0.3, 0.4) is 0 Å². The van der Waals surface area contributed by atoms with E-state index in [-0.39, 0.29) is 11.8 Å². The van der Waals surface area contributed by atoms with Crippen LogP contribution in [0.1, 0.15) is 0 Å². The van der Waals surface area contributed by atoms with Crippen LogP contribution in [0.5, 0.6) is 11.8 Å². The van der Waals surface area contributed by atoms with Crippen molar-refractivity contribution in [1.82, 2.24) is 9.97 Å². The van der Waals surface area contributed by atoms with Crippen molar-refractivity contribution in [2.24, 2.45) is 0 Å². The summed E-state index contributed by atoms with van der Waals surface area (Å²) in [6, 6.07) is 12.2. The van der Waals surface area contributed by atoms with Crippen molar-refractivity contribution in [2.75, 3.05) is 0 Å². The summed E-state index contributed by atoms with van der Waals surface area (Å²) in [6.45, 7) is 0. The summed E-state index contributed by atoms with van der Waals surface area (Å²) >= 11 is 3.10. The fraction of sp³-hybridized carbons (Fsp3) is 0. The number of para-hydroxylation sites is 1. The lowest BCUT2D eigenvalue weighted by atomic mass is 10.2. The minimum Gasteiger partial charge on any atom is -0.424 e. The van der Waals surface area contributed by atoms with Gasteiger partial charge < -0.3 is 4.74 Å². The molecule has 0 radical (unpaired) electrons. The van der Waals surface area contributed by atoms with Crippen molar-refractivity contribution < 1.29 is 9.13 Å². The standard InChI is InChI=1S/C14H8BrFN2O/c15-11-7-10(5-6-12(11)16)19-14-17-8-9-3-1-2-4-13(9)18-14/h1-8H. The molecule has 19 heavy (non-hydrogen) atoms. The zero-order chi connectivity index (χ0) is 13.2. The topological polar surface area (TPSA) is 35.0 Å². The third-order valence-corrected chi connectivity index (χ3v) is 3.17. The van der Waals surface area contributed by atoms with Crippen molar-refractivity contribution in [3.63, 3.8) is 0 Å². The number of nitrogens with zero attached hydrogens (tertiary/aromatic N) is 2. The Bertz CT molecular complexity index is 748. The molecule has 1 heterocycles. The maximum atomic E-state index is 13.1. The fourth-order valence-corrected chi connectivity index (χ4v) is 2.01. The molecule has 3 nitrogen and oxygen atoms in total. The molecule has 0 aliphatic carbocycles. The number of fused-ring (bicyclic) bond motifs is 1. The lowest BCUT2D eigenvalue weighted by molar-refractivity contribution is 0.442. The van der Waals surface area contributed by atoms with Gasteiger partial charge in [-0.2, -0.15) is 4.98 Å². The molecule has 0 atom stereocenters. The minimum atomic E-state index is -0.341. The van der Waals surface area contributed by atoms with Crippen LogP contribution in [0.25, 0.3) is 10.9 Å². The fourth-order valence-electron chi connectivity index (χ4n) is 1.65. The summed E-state index contributed by atoms with van der Waals surface area (Å²) in [5.74, 6) is 0.135. The van der Waals surface area contributed by atoms with E-state index in [1.165, 1.54) is 18.2 Å². The van der Waals surface area contributed by atoms with E-state index in [4.69, 9.17) is 4.74 Å². The number of rotatable bonds is 2. The van der Waals surface area contributed by atoms with E-state index in [2.05, 4.69) is 25.9 Å². The molecular weight excluding hydrogens is 311 g/mol. The van der Waals surface area contributed by atoms with Crippen molar-refractivity contribution in [2.45, 2.75) is 0 Å². The number of halogens is 2. The third kappa shape index (κ3) is 2.56. The van der Waals surface area contributed by atoms with Gasteiger partial charge in [0.25, 0.3) is 0 Å². The molecule has 0 saturated heterocycles. The van der Waals surface area contributed by atoms with Crippen molar-refractivity contribution >= 4 is 26.8 Å². The lowest BCUT2D eigenvalue weighted by Crippen LogP contribution is -1.92. The van der Waals surface area contributed by atoms with Gasteiger partial charge in [-0.1, -0.05) is 18.2 Å². The number of benzene rings is 2. The number of ether oxygens (including phenoxy) is 1. The molecule has 0 bridgehead atoms. The van der Waals surface area contributed by atoms with E-state index in [0.717, 1.165) is 10.9 Å². The first-order valence-electron chi connectivity index (χ1n) is 5.57. The molecule has 0 amide bonds. The van der Waals surface area contributed by atoms with Crippen molar-refractivity contribution in [3.8, 4) is 11.8 Å². The van der Waals surface area contributed by atoms with Crippen LogP contribution in [0.2, 0.25) is 0 Å². The van der Waals surface area contributed by atoms with Crippen molar-refractivity contribution in [1.29, 1.82) is 0 Å². The van der Waals surface area contributed by atoms with Gasteiger partial charge in [0.05, 0.1) is 9.99 Å². The second-order valence-electron chi connectivity index (χ2n) is 3.89. The summed E-state index contributed by atoms with van der Waals surface area (Å²) in [5, 5.41) is 0.940. The molecule has 94 valence electrons. The average molecular weight is 319 g/mol. The molecule has 0 aliphatic heterocycles. The summed E-state index contributed by atoms with van der Waals surface area (Å²) < 4.78 is 19.0. The Kier molecular flexibility index (Phi) is 3.13. The zero-order valence-corrected chi connectivity index (χ0v) is 11.3. The first-order chi connectivity index (χ1) is 9.22. The molecule has 0 fully saturated rings. The molecule has 3 aromatic rings. The van der Waals surface area contributed by atoms with Crippen LogP contribution in [-0.2, 0) is 0 Å². The van der Waals surface area contributed by atoms with Gasteiger partial charge in [-0.15, -0.1) is 0 Å². The predicted octanol–water partition coefficient (Wildman–Crippen LogP) is 4.32. The van der Waals surface area contributed by atoms with Crippen LogP contribution >= 0.6 is 15.9 Å². The Morgan fingerprint density at radius 2 is 1.95 bits per heavy atom. The highest BCUT2D eigenvalue weighted by molar-refractivity contribution is 9.10. The van der Waals surface area contributed by atoms with E-state index in [0.29, 0.717) is 10.2 Å². The van der Waals surface area contributed by atoms with Gasteiger partial charge in [0.2, 0.25) is 0 Å². The third-order valence-electron chi connectivity index (χ3n) is 2.57. The number of hydrogen-bond acceptors (Lipinski definition) is 3. The molecule has 0 N–H and O–H groups in total. The van der Waals surface area contributed by atoms with Crippen LogP contribution in [-0.4, -0.2) is 9.97 Å². The molecule has 1 aromatic heterocycles.